The molecule has 0 saturated carbocycles. The fourth-order valence-corrected chi connectivity index (χ4v) is 1.19. The maximum atomic E-state index is 12.9. The van der Waals surface area contributed by atoms with Crippen molar-refractivity contribution in [1.29, 1.82) is 0 Å². The molecule has 1 aliphatic heterocycles. The van der Waals surface area contributed by atoms with Crippen molar-refractivity contribution >= 4 is 23.2 Å². The summed E-state index contributed by atoms with van der Waals surface area (Å²) in [4.78, 5) is 0. The van der Waals surface area contributed by atoms with Crippen LogP contribution in [0.25, 0.3) is 0 Å². The van der Waals surface area contributed by atoms with Gasteiger partial charge in [-0.05, 0) is 23.2 Å². The molecule has 0 bridgehead atoms. The van der Waals surface area contributed by atoms with E-state index in [-0.39, 0.29) is 0 Å². The Morgan fingerprint density at radius 1 is 0.706 bits per heavy atom. The Kier molecular flexibility index (Phi) is 3.08. The number of ether oxygens (including phenoxy) is 2. The molecule has 1 heterocycles. The summed E-state index contributed by atoms with van der Waals surface area (Å²) >= 11 is 8.67. The van der Waals surface area contributed by atoms with Gasteiger partial charge in [-0.25, -0.2) is 0 Å². The fraction of sp³-hybridized carbons (Fsp3) is 1.00. The summed E-state index contributed by atoms with van der Waals surface area (Å²) < 4.78 is 104. The average molecular weight is 315 g/mol. The van der Waals surface area contributed by atoms with Crippen molar-refractivity contribution < 1.29 is 44.6 Å². The van der Waals surface area contributed by atoms with Crippen LogP contribution in [0.2, 0.25) is 0 Å². The van der Waals surface area contributed by atoms with Gasteiger partial charge in [-0.3, -0.25) is 9.47 Å². The van der Waals surface area contributed by atoms with E-state index < -0.39 is 28.8 Å². The average Bonchev–Trinajstić information content (AvgIpc) is 2.15. The van der Waals surface area contributed by atoms with Crippen molar-refractivity contribution in [2.24, 2.45) is 0 Å². The van der Waals surface area contributed by atoms with E-state index in [1.807, 2.05) is 0 Å². The summed E-state index contributed by atoms with van der Waals surface area (Å²) in [6, 6.07) is 0. The molecule has 0 radical (unpaired) electrons. The van der Waals surface area contributed by atoms with Gasteiger partial charge in [-0.15, -0.1) is 0 Å². The van der Waals surface area contributed by atoms with Crippen LogP contribution in [0.5, 0.6) is 0 Å². The highest BCUT2D eigenvalue weighted by Crippen LogP contribution is 2.61. The molecular formula is C5Cl2F8O2. The molecule has 12 heteroatoms. The molecule has 0 spiro atoms. The highest BCUT2D eigenvalue weighted by molar-refractivity contribution is 6.32. The van der Waals surface area contributed by atoms with Crippen molar-refractivity contribution in [2.45, 2.75) is 28.8 Å². The number of hydrogen-bond acceptors (Lipinski definition) is 2. The molecule has 0 aromatic heterocycles. The van der Waals surface area contributed by atoms with Gasteiger partial charge in [-0.1, -0.05) is 0 Å². The van der Waals surface area contributed by atoms with E-state index in [2.05, 4.69) is 32.7 Å². The van der Waals surface area contributed by atoms with Crippen molar-refractivity contribution in [3.8, 4) is 0 Å². The summed E-state index contributed by atoms with van der Waals surface area (Å²) in [5.74, 6) is -5.58. The standard InChI is InChI=1S/C5Cl2F8O2/c6-2(8)3(7,9)17-1(16-2,4(10,11)12)5(13,14)15/t2-,3-/m0/s1. The Morgan fingerprint density at radius 2 is 0.941 bits per heavy atom. The minimum atomic E-state index is -6.35. The van der Waals surface area contributed by atoms with Gasteiger partial charge in [0.1, 0.15) is 0 Å². The third-order valence-corrected chi connectivity index (χ3v) is 2.37. The Labute approximate surface area is 97.4 Å². The largest absolute Gasteiger partial charge is 0.453 e. The molecule has 2 nitrogen and oxygen atoms in total. The van der Waals surface area contributed by atoms with E-state index in [1.165, 1.54) is 0 Å². The second-order valence-corrected chi connectivity index (χ2v) is 3.82. The first-order chi connectivity index (χ1) is 7.16. The first-order valence-corrected chi connectivity index (χ1v) is 4.21. The van der Waals surface area contributed by atoms with Gasteiger partial charge in [0.15, 0.2) is 0 Å². The maximum Gasteiger partial charge on any atom is 0.453 e. The van der Waals surface area contributed by atoms with Crippen LogP contribution in [0, 0.1) is 0 Å². The predicted molar refractivity (Wildman–Crippen MR) is 36.4 cm³/mol. The van der Waals surface area contributed by atoms with Gasteiger partial charge in [0, 0.05) is 0 Å². The molecule has 0 N–H and O–H groups in total. The van der Waals surface area contributed by atoms with E-state index in [1.54, 1.807) is 0 Å². The number of halogens is 10. The molecule has 2 atom stereocenters. The van der Waals surface area contributed by atoms with E-state index in [4.69, 9.17) is 0 Å². The minimum Gasteiger partial charge on any atom is -0.279 e. The molecule has 1 rings (SSSR count). The third kappa shape index (κ3) is 2.04. The molecule has 17 heavy (non-hydrogen) atoms. The summed E-state index contributed by atoms with van der Waals surface area (Å²) in [5, 5.41) is -9.31. The normalized spacial score (nSPS) is 38.5. The fourth-order valence-electron chi connectivity index (χ4n) is 0.893. The van der Waals surface area contributed by atoms with Crippen molar-refractivity contribution in [3.05, 3.63) is 0 Å². The zero-order valence-corrected chi connectivity index (χ0v) is 8.61. The molecule has 0 unspecified atom stereocenters. The van der Waals surface area contributed by atoms with Crippen LogP contribution >= 0.6 is 23.2 Å². The molecule has 0 aliphatic carbocycles. The monoisotopic (exact) mass is 314 g/mol. The second-order valence-electron chi connectivity index (χ2n) is 2.85. The van der Waals surface area contributed by atoms with Crippen molar-refractivity contribution in [2.75, 3.05) is 0 Å². The Balaban J connectivity index is 3.34. The lowest BCUT2D eigenvalue weighted by molar-refractivity contribution is -0.453. The quantitative estimate of drug-likeness (QED) is 0.502. The number of alkyl halides is 10. The van der Waals surface area contributed by atoms with Gasteiger partial charge in [0.25, 0.3) is 0 Å². The molecular weight excluding hydrogens is 315 g/mol. The Hall–Kier alpha value is -0.0600. The Bertz CT molecular complexity index is 289. The van der Waals surface area contributed by atoms with E-state index in [0.29, 0.717) is 0 Å². The second kappa shape index (κ2) is 3.49. The third-order valence-electron chi connectivity index (χ3n) is 1.63. The first kappa shape index (κ1) is 15.0. The SMILES string of the molecule is FC(F)(F)C1(C(F)(F)F)O[C@](F)(Cl)[C@@](F)(Cl)O1. The summed E-state index contributed by atoms with van der Waals surface area (Å²) in [5.41, 5.74) is 0. The summed E-state index contributed by atoms with van der Waals surface area (Å²) in [7, 11) is 0. The van der Waals surface area contributed by atoms with Gasteiger partial charge >= 0.3 is 28.8 Å². The number of hydrogen-bond donors (Lipinski definition) is 0. The highest BCUT2D eigenvalue weighted by atomic mass is 35.5. The molecule has 0 amide bonds. The molecule has 0 aromatic carbocycles. The van der Waals surface area contributed by atoms with Crippen LogP contribution in [-0.4, -0.2) is 28.8 Å². The van der Waals surface area contributed by atoms with Crippen molar-refractivity contribution in [3.63, 3.8) is 0 Å². The maximum absolute atomic E-state index is 12.9. The zero-order chi connectivity index (χ0) is 13.9. The number of rotatable bonds is 0. The molecule has 1 aliphatic rings. The van der Waals surface area contributed by atoms with Crippen LogP contribution in [0.15, 0.2) is 0 Å². The topological polar surface area (TPSA) is 18.5 Å². The van der Waals surface area contributed by atoms with Crippen LogP contribution < -0.4 is 0 Å². The summed E-state index contributed by atoms with van der Waals surface area (Å²) in [6.07, 6.45) is -12.7. The van der Waals surface area contributed by atoms with E-state index in [9.17, 15) is 35.1 Å². The first-order valence-electron chi connectivity index (χ1n) is 3.46. The van der Waals surface area contributed by atoms with Crippen LogP contribution in [0.1, 0.15) is 0 Å². The minimum absolute atomic E-state index is 2.80. The van der Waals surface area contributed by atoms with E-state index >= 15 is 0 Å². The van der Waals surface area contributed by atoms with Gasteiger partial charge < -0.3 is 0 Å². The molecule has 0 aromatic rings. The lowest BCUT2D eigenvalue weighted by Crippen LogP contribution is -2.58. The van der Waals surface area contributed by atoms with Gasteiger partial charge in [0.05, 0.1) is 0 Å². The Morgan fingerprint density at radius 3 is 1.06 bits per heavy atom. The smallest absolute Gasteiger partial charge is 0.279 e. The predicted octanol–water partition coefficient (Wildman–Crippen LogP) is 3.58. The van der Waals surface area contributed by atoms with Crippen LogP contribution in [-0.2, 0) is 9.47 Å². The highest BCUT2D eigenvalue weighted by Gasteiger charge is 2.86. The lowest BCUT2D eigenvalue weighted by Gasteiger charge is -2.30. The molecule has 1 fully saturated rings. The molecule has 102 valence electrons. The van der Waals surface area contributed by atoms with Crippen molar-refractivity contribution in [1.82, 2.24) is 0 Å². The van der Waals surface area contributed by atoms with Crippen LogP contribution in [0.4, 0.5) is 35.1 Å². The molecule has 1 saturated heterocycles. The van der Waals surface area contributed by atoms with Gasteiger partial charge in [-0.2, -0.15) is 35.1 Å². The zero-order valence-electron chi connectivity index (χ0n) is 7.10. The lowest BCUT2D eigenvalue weighted by atomic mass is 10.2. The van der Waals surface area contributed by atoms with E-state index in [0.717, 1.165) is 0 Å². The van der Waals surface area contributed by atoms with Crippen LogP contribution in [0.3, 0.4) is 0 Å². The van der Waals surface area contributed by atoms with Gasteiger partial charge in [0.2, 0.25) is 0 Å². The summed E-state index contributed by atoms with van der Waals surface area (Å²) in [6.45, 7) is 0.